The Morgan fingerprint density at radius 3 is 2.19 bits per heavy atom. The van der Waals surface area contributed by atoms with Gasteiger partial charge in [-0.05, 0) is 29.3 Å². The SMILES string of the molecule is COc1ccc(COC(=O)Cc2ccccc2OCc2ccccc2)cc1. The largest absolute Gasteiger partial charge is 0.497 e. The molecular weight excluding hydrogens is 340 g/mol. The standard InChI is InChI=1S/C23H22O4/c1-25-21-13-11-19(12-14-21)17-27-23(24)15-20-9-5-6-10-22(20)26-16-18-7-3-2-4-8-18/h2-14H,15-17H2,1H3. The molecule has 0 aliphatic heterocycles. The maximum absolute atomic E-state index is 12.2. The van der Waals surface area contributed by atoms with E-state index in [4.69, 9.17) is 14.2 Å². The Morgan fingerprint density at radius 2 is 1.44 bits per heavy atom. The van der Waals surface area contributed by atoms with E-state index in [1.54, 1.807) is 7.11 Å². The third kappa shape index (κ3) is 5.61. The number of hydrogen-bond donors (Lipinski definition) is 0. The average molecular weight is 362 g/mol. The van der Waals surface area contributed by atoms with Crippen molar-refractivity contribution in [1.29, 1.82) is 0 Å². The third-order valence-corrected chi connectivity index (χ3v) is 4.10. The number of hydrogen-bond acceptors (Lipinski definition) is 4. The first-order chi connectivity index (χ1) is 13.2. The number of methoxy groups -OCH3 is 1. The maximum Gasteiger partial charge on any atom is 0.310 e. The number of benzene rings is 3. The van der Waals surface area contributed by atoms with Gasteiger partial charge < -0.3 is 14.2 Å². The van der Waals surface area contributed by atoms with E-state index in [1.165, 1.54) is 0 Å². The fraction of sp³-hybridized carbons (Fsp3) is 0.174. The van der Waals surface area contributed by atoms with Crippen LogP contribution in [0.15, 0.2) is 78.9 Å². The summed E-state index contributed by atoms with van der Waals surface area (Å²) in [6.07, 6.45) is 0.168. The van der Waals surface area contributed by atoms with Crippen molar-refractivity contribution in [2.45, 2.75) is 19.6 Å². The zero-order valence-electron chi connectivity index (χ0n) is 15.3. The van der Waals surface area contributed by atoms with Crippen LogP contribution in [-0.4, -0.2) is 13.1 Å². The molecule has 0 saturated heterocycles. The first-order valence-corrected chi connectivity index (χ1v) is 8.78. The highest BCUT2D eigenvalue weighted by molar-refractivity contribution is 5.73. The highest BCUT2D eigenvalue weighted by Crippen LogP contribution is 2.21. The second-order valence-corrected chi connectivity index (χ2v) is 6.07. The van der Waals surface area contributed by atoms with Gasteiger partial charge in [-0.2, -0.15) is 0 Å². The summed E-state index contributed by atoms with van der Waals surface area (Å²) in [5.74, 6) is 1.18. The van der Waals surface area contributed by atoms with Crippen LogP contribution in [0.1, 0.15) is 16.7 Å². The van der Waals surface area contributed by atoms with Gasteiger partial charge in [-0.15, -0.1) is 0 Å². The molecule has 0 aromatic heterocycles. The van der Waals surface area contributed by atoms with Crippen molar-refractivity contribution in [1.82, 2.24) is 0 Å². The first-order valence-electron chi connectivity index (χ1n) is 8.78. The highest BCUT2D eigenvalue weighted by atomic mass is 16.5. The van der Waals surface area contributed by atoms with Gasteiger partial charge in [0, 0.05) is 5.56 Å². The van der Waals surface area contributed by atoms with E-state index in [0.717, 1.165) is 22.4 Å². The molecule has 4 nitrogen and oxygen atoms in total. The molecular formula is C23H22O4. The third-order valence-electron chi connectivity index (χ3n) is 4.10. The Morgan fingerprint density at radius 1 is 0.778 bits per heavy atom. The fourth-order valence-electron chi connectivity index (χ4n) is 2.62. The van der Waals surface area contributed by atoms with Crippen LogP contribution in [0.5, 0.6) is 11.5 Å². The Bertz CT molecular complexity index is 857. The smallest absolute Gasteiger partial charge is 0.310 e. The number of esters is 1. The second kappa shape index (κ2) is 9.43. The minimum atomic E-state index is -0.290. The molecule has 3 aromatic rings. The molecule has 0 fully saturated rings. The summed E-state index contributed by atoms with van der Waals surface area (Å²) >= 11 is 0. The zero-order chi connectivity index (χ0) is 18.9. The zero-order valence-corrected chi connectivity index (χ0v) is 15.3. The molecule has 0 bridgehead atoms. The van der Waals surface area contributed by atoms with Crippen molar-refractivity contribution >= 4 is 5.97 Å². The Hall–Kier alpha value is -3.27. The highest BCUT2D eigenvalue weighted by Gasteiger charge is 2.10. The number of rotatable bonds is 8. The van der Waals surface area contributed by atoms with Crippen molar-refractivity contribution in [3.8, 4) is 11.5 Å². The Balaban J connectivity index is 1.55. The lowest BCUT2D eigenvalue weighted by Gasteiger charge is -2.11. The van der Waals surface area contributed by atoms with Crippen LogP contribution in [0.3, 0.4) is 0 Å². The molecule has 0 aliphatic carbocycles. The van der Waals surface area contributed by atoms with Gasteiger partial charge in [0.25, 0.3) is 0 Å². The Labute approximate surface area is 159 Å². The molecule has 0 saturated carbocycles. The van der Waals surface area contributed by atoms with Crippen LogP contribution >= 0.6 is 0 Å². The van der Waals surface area contributed by atoms with E-state index >= 15 is 0 Å². The lowest BCUT2D eigenvalue weighted by atomic mass is 10.1. The van der Waals surface area contributed by atoms with Crippen molar-refractivity contribution in [2.75, 3.05) is 7.11 Å². The molecule has 4 heteroatoms. The van der Waals surface area contributed by atoms with Gasteiger partial charge in [0.1, 0.15) is 24.7 Å². The van der Waals surface area contributed by atoms with E-state index in [1.807, 2.05) is 78.9 Å². The molecule has 0 atom stereocenters. The Kier molecular flexibility index (Phi) is 6.47. The molecule has 0 aliphatic rings. The van der Waals surface area contributed by atoms with Crippen LogP contribution < -0.4 is 9.47 Å². The quantitative estimate of drug-likeness (QED) is 0.551. The number of carbonyl (C=O) groups excluding carboxylic acids is 1. The van der Waals surface area contributed by atoms with Gasteiger partial charge in [-0.3, -0.25) is 4.79 Å². The fourth-order valence-corrected chi connectivity index (χ4v) is 2.62. The van der Waals surface area contributed by atoms with Crippen LogP contribution in [0.2, 0.25) is 0 Å². The summed E-state index contributed by atoms with van der Waals surface area (Å²) in [5.41, 5.74) is 2.81. The normalized spacial score (nSPS) is 10.3. The molecule has 0 N–H and O–H groups in total. The number of carbonyl (C=O) groups is 1. The average Bonchev–Trinajstić information content (AvgIpc) is 2.73. The van der Waals surface area contributed by atoms with Gasteiger partial charge in [0.15, 0.2) is 0 Å². The van der Waals surface area contributed by atoms with Gasteiger partial charge >= 0.3 is 5.97 Å². The molecule has 0 unspecified atom stereocenters. The van der Waals surface area contributed by atoms with E-state index in [-0.39, 0.29) is 19.0 Å². The summed E-state index contributed by atoms with van der Waals surface area (Å²) in [6.45, 7) is 0.689. The van der Waals surface area contributed by atoms with Crippen molar-refractivity contribution in [3.05, 3.63) is 95.6 Å². The van der Waals surface area contributed by atoms with E-state index < -0.39 is 0 Å². The van der Waals surface area contributed by atoms with Crippen molar-refractivity contribution in [2.24, 2.45) is 0 Å². The molecule has 27 heavy (non-hydrogen) atoms. The first kappa shape index (κ1) is 18.5. The summed E-state index contributed by atoms with van der Waals surface area (Å²) in [5, 5.41) is 0. The van der Waals surface area contributed by atoms with Crippen molar-refractivity contribution < 1.29 is 19.0 Å². The maximum atomic E-state index is 12.2. The summed E-state index contributed by atoms with van der Waals surface area (Å²) < 4.78 is 16.4. The van der Waals surface area contributed by atoms with Crippen molar-refractivity contribution in [3.63, 3.8) is 0 Å². The summed E-state index contributed by atoms with van der Waals surface area (Å²) in [6, 6.07) is 24.9. The topological polar surface area (TPSA) is 44.8 Å². The lowest BCUT2D eigenvalue weighted by molar-refractivity contribution is -0.144. The summed E-state index contributed by atoms with van der Waals surface area (Å²) in [4.78, 5) is 12.2. The van der Waals surface area contributed by atoms with Crippen LogP contribution in [0, 0.1) is 0 Å². The second-order valence-electron chi connectivity index (χ2n) is 6.07. The molecule has 0 amide bonds. The monoisotopic (exact) mass is 362 g/mol. The van der Waals surface area contributed by atoms with Crippen LogP contribution in [-0.2, 0) is 29.2 Å². The lowest BCUT2D eigenvalue weighted by Crippen LogP contribution is -2.09. The van der Waals surface area contributed by atoms with Gasteiger partial charge in [0.05, 0.1) is 13.5 Å². The predicted octanol–water partition coefficient (Wildman–Crippen LogP) is 4.56. The van der Waals surface area contributed by atoms with E-state index in [9.17, 15) is 4.79 Å². The molecule has 3 aromatic carbocycles. The van der Waals surface area contributed by atoms with Gasteiger partial charge in [-0.1, -0.05) is 60.7 Å². The predicted molar refractivity (Wildman–Crippen MR) is 104 cm³/mol. The molecule has 0 spiro atoms. The van der Waals surface area contributed by atoms with Crippen LogP contribution in [0.25, 0.3) is 0 Å². The van der Waals surface area contributed by atoms with E-state index in [0.29, 0.717) is 12.4 Å². The molecule has 0 radical (unpaired) electrons. The summed E-state index contributed by atoms with van der Waals surface area (Å²) in [7, 11) is 1.62. The molecule has 0 heterocycles. The van der Waals surface area contributed by atoms with Gasteiger partial charge in [-0.25, -0.2) is 0 Å². The van der Waals surface area contributed by atoms with Gasteiger partial charge in [0.2, 0.25) is 0 Å². The number of ether oxygens (including phenoxy) is 3. The number of para-hydroxylation sites is 1. The molecule has 3 rings (SSSR count). The molecule has 138 valence electrons. The van der Waals surface area contributed by atoms with Crippen LogP contribution in [0.4, 0.5) is 0 Å². The minimum Gasteiger partial charge on any atom is -0.497 e. The minimum absolute atomic E-state index is 0.168. The van der Waals surface area contributed by atoms with E-state index in [2.05, 4.69) is 0 Å².